The maximum atomic E-state index is 10.9. The van der Waals surface area contributed by atoms with Crippen LogP contribution in [-0.4, -0.2) is 47.1 Å². The lowest BCUT2D eigenvalue weighted by atomic mass is 9.95. The molecule has 0 saturated heterocycles. The van der Waals surface area contributed by atoms with Crippen molar-refractivity contribution in [2.75, 3.05) is 5.48 Å². The first-order valence-electron chi connectivity index (χ1n) is 12.6. The number of hydrogen-bond donors (Lipinski definition) is 4. The summed E-state index contributed by atoms with van der Waals surface area (Å²) in [7, 11) is 0. The van der Waals surface area contributed by atoms with Crippen molar-refractivity contribution in [3.8, 4) is 0 Å². The molecule has 1 aromatic carbocycles. The molecule has 2 saturated carbocycles. The molecule has 4 aromatic rings. The Kier molecular flexibility index (Phi) is 5.88. The van der Waals surface area contributed by atoms with Crippen LogP contribution in [0.1, 0.15) is 49.4 Å². The van der Waals surface area contributed by atoms with Crippen molar-refractivity contribution in [3.63, 3.8) is 0 Å². The summed E-state index contributed by atoms with van der Waals surface area (Å²) in [5, 5.41) is 32.8. The lowest BCUT2D eigenvalue weighted by Crippen LogP contribution is -2.29. The van der Waals surface area contributed by atoms with Gasteiger partial charge < -0.3 is 14.8 Å². The third kappa shape index (κ3) is 4.37. The number of aliphatic hydroxyl groups is 2. The zero-order valence-electron chi connectivity index (χ0n) is 19.6. The summed E-state index contributed by atoms with van der Waals surface area (Å²) in [6.07, 6.45) is 8.79. The molecule has 2 aliphatic rings. The number of hydrogen-bond acceptors (Lipinski definition) is 7. The van der Waals surface area contributed by atoms with Gasteiger partial charge in [0, 0.05) is 17.3 Å². The molecule has 2 fully saturated rings. The monoisotopic (exact) mass is 473 g/mol. The predicted molar refractivity (Wildman–Crippen MR) is 133 cm³/mol. The molecule has 6 rings (SSSR count). The average Bonchev–Trinajstić information content (AvgIpc) is 3.56. The minimum atomic E-state index is -0.886. The number of nitrogens with one attached hydrogen (secondary N) is 1. The van der Waals surface area contributed by atoms with E-state index in [-0.39, 0.29) is 12.0 Å². The van der Waals surface area contributed by atoms with E-state index < -0.39 is 12.2 Å². The molecule has 0 spiro atoms. The standard InChI is InChI=1S/C27H31N5O3/c33-24-19(14-23(25(24)34)32-12-11-21-26(31-35)28-15-29-27(21)32)7-4-17-3-6-18-8-10-20(30-22(18)13-17)9-5-16-1-2-16/h3,6,8,10-13,15-16,19,23-25,33-35H,1-2,4-5,7,9,14H2,(H,28,29,31)/t19-,23+,24+,25-/m0/s1. The van der Waals surface area contributed by atoms with Gasteiger partial charge >= 0.3 is 0 Å². The fourth-order valence-electron chi connectivity index (χ4n) is 5.60. The molecule has 4 atom stereocenters. The third-order valence-corrected chi connectivity index (χ3v) is 7.87. The van der Waals surface area contributed by atoms with Crippen LogP contribution >= 0.6 is 0 Å². The topological polar surface area (TPSA) is 116 Å². The van der Waals surface area contributed by atoms with E-state index in [1.54, 1.807) is 6.07 Å². The van der Waals surface area contributed by atoms with Crippen LogP contribution in [-0.2, 0) is 12.8 Å². The van der Waals surface area contributed by atoms with Gasteiger partial charge in [0.2, 0.25) is 0 Å². The van der Waals surface area contributed by atoms with E-state index in [0.717, 1.165) is 36.1 Å². The Bertz CT molecular complexity index is 1350. The van der Waals surface area contributed by atoms with Crippen molar-refractivity contribution in [2.45, 2.75) is 63.2 Å². The van der Waals surface area contributed by atoms with Gasteiger partial charge in [-0.3, -0.25) is 15.7 Å². The zero-order chi connectivity index (χ0) is 23.9. The van der Waals surface area contributed by atoms with E-state index in [1.807, 2.05) is 10.8 Å². The second kappa shape index (κ2) is 9.18. The molecule has 2 aliphatic carbocycles. The van der Waals surface area contributed by atoms with Crippen molar-refractivity contribution < 1.29 is 15.4 Å². The molecule has 8 heteroatoms. The highest BCUT2D eigenvalue weighted by atomic mass is 16.5. The molecule has 0 bridgehead atoms. The first-order valence-corrected chi connectivity index (χ1v) is 12.6. The van der Waals surface area contributed by atoms with Crippen LogP contribution in [0.3, 0.4) is 0 Å². The normalized spacial score (nSPS) is 24.4. The Morgan fingerprint density at radius 1 is 0.971 bits per heavy atom. The number of benzene rings is 1. The number of aliphatic hydroxyl groups excluding tert-OH is 2. The number of fused-ring (bicyclic) bond motifs is 2. The second-order valence-electron chi connectivity index (χ2n) is 10.2. The summed E-state index contributed by atoms with van der Waals surface area (Å²) < 4.78 is 1.88. The first kappa shape index (κ1) is 22.4. The van der Waals surface area contributed by atoms with Crippen molar-refractivity contribution >= 4 is 27.8 Å². The van der Waals surface area contributed by atoms with E-state index in [0.29, 0.717) is 23.3 Å². The lowest BCUT2D eigenvalue weighted by molar-refractivity contribution is 0.00545. The molecular formula is C27H31N5O3. The highest BCUT2D eigenvalue weighted by molar-refractivity contribution is 5.87. The Labute approximate surface area is 203 Å². The summed E-state index contributed by atoms with van der Waals surface area (Å²) in [6, 6.07) is 12.3. The Morgan fingerprint density at radius 3 is 2.66 bits per heavy atom. The fraction of sp³-hybridized carbons (Fsp3) is 0.444. The average molecular weight is 474 g/mol. The Hall–Kier alpha value is -3.07. The SMILES string of the molecule is ONc1ncnc2c1ccn2[C@@H]1C[C@H](CCc2ccc3ccc(CCC4CC4)nc3c2)[C@@H](O)[C@H]1O. The third-order valence-electron chi connectivity index (χ3n) is 7.87. The minimum absolute atomic E-state index is 0.0294. The molecule has 3 aromatic heterocycles. The maximum Gasteiger partial charge on any atom is 0.162 e. The van der Waals surface area contributed by atoms with Crippen molar-refractivity contribution in [3.05, 3.63) is 60.2 Å². The van der Waals surface area contributed by atoms with Crippen LogP contribution in [0.5, 0.6) is 0 Å². The summed E-state index contributed by atoms with van der Waals surface area (Å²) in [4.78, 5) is 13.3. The van der Waals surface area contributed by atoms with Crippen molar-refractivity contribution in [2.24, 2.45) is 11.8 Å². The van der Waals surface area contributed by atoms with Crippen LogP contribution in [0.15, 0.2) is 48.9 Å². The van der Waals surface area contributed by atoms with Gasteiger partial charge in [0.25, 0.3) is 0 Å². The highest BCUT2D eigenvalue weighted by Gasteiger charge is 2.42. The second-order valence-corrected chi connectivity index (χ2v) is 10.2. The predicted octanol–water partition coefficient (Wildman–Crippen LogP) is 4.04. The van der Waals surface area contributed by atoms with E-state index in [2.05, 4.69) is 45.8 Å². The Morgan fingerprint density at radius 2 is 1.83 bits per heavy atom. The molecule has 0 aliphatic heterocycles. The smallest absolute Gasteiger partial charge is 0.162 e. The lowest BCUT2D eigenvalue weighted by Gasteiger charge is -2.19. The zero-order valence-corrected chi connectivity index (χ0v) is 19.6. The molecule has 8 nitrogen and oxygen atoms in total. The minimum Gasteiger partial charge on any atom is -0.390 e. The van der Waals surface area contributed by atoms with Crippen LogP contribution in [0.25, 0.3) is 21.9 Å². The van der Waals surface area contributed by atoms with Crippen LogP contribution in [0, 0.1) is 11.8 Å². The van der Waals surface area contributed by atoms with Gasteiger partial charge in [-0.2, -0.15) is 0 Å². The van der Waals surface area contributed by atoms with E-state index in [4.69, 9.17) is 4.98 Å². The maximum absolute atomic E-state index is 10.9. The molecule has 182 valence electrons. The summed E-state index contributed by atoms with van der Waals surface area (Å²) in [5.74, 6) is 1.19. The summed E-state index contributed by atoms with van der Waals surface area (Å²) in [5.41, 5.74) is 6.11. The Balaban J connectivity index is 1.15. The number of rotatable bonds is 8. The van der Waals surface area contributed by atoms with Gasteiger partial charge in [-0.05, 0) is 67.7 Å². The molecule has 0 radical (unpaired) electrons. The van der Waals surface area contributed by atoms with Crippen molar-refractivity contribution in [1.29, 1.82) is 0 Å². The van der Waals surface area contributed by atoms with Gasteiger partial charge in [-0.25, -0.2) is 9.97 Å². The van der Waals surface area contributed by atoms with Crippen molar-refractivity contribution in [1.82, 2.24) is 19.5 Å². The molecule has 0 amide bonds. The van der Waals surface area contributed by atoms with Gasteiger partial charge in [0.1, 0.15) is 18.1 Å². The van der Waals surface area contributed by atoms with Gasteiger partial charge in [-0.1, -0.05) is 31.0 Å². The number of pyridine rings is 1. The largest absolute Gasteiger partial charge is 0.390 e. The summed E-state index contributed by atoms with van der Waals surface area (Å²) in [6.45, 7) is 0. The quantitative estimate of drug-likeness (QED) is 0.285. The van der Waals surface area contributed by atoms with Gasteiger partial charge in [-0.15, -0.1) is 0 Å². The molecule has 35 heavy (non-hydrogen) atoms. The van der Waals surface area contributed by atoms with E-state index >= 15 is 0 Å². The van der Waals surface area contributed by atoms with E-state index in [1.165, 1.54) is 36.8 Å². The van der Waals surface area contributed by atoms with Gasteiger partial charge in [0.15, 0.2) is 5.82 Å². The number of nitrogens with zero attached hydrogens (tertiary/aromatic N) is 4. The van der Waals surface area contributed by atoms with E-state index in [9.17, 15) is 15.4 Å². The first-order chi connectivity index (χ1) is 17.1. The van der Waals surface area contributed by atoms with Gasteiger partial charge in [0.05, 0.1) is 23.0 Å². The number of aryl methyl sites for hydroxylation is 2. The van der Waals surface area contributed by atoms with Crippen LogP contribution < -0.4 is 5.48 Å². The molecular weight excluding hydrogens is 442 g/mol. The number of anilines is 1. The summed E-state index contributed by atoms with van der Waals surface area (Å²) >= 11 is 0. The van der Waals surface area contributed by atoms with Crippen LogP contribution in [0.2, 0.25) is 0 Å². The number of aromatic nitrogens is 4. The molecule has 0 unspecified atom stereocenters. The fourth-order valence-corrected chi connectivity index (χ4v) is 5.60. The highest BCUT2D eigenvalue weighted by Crippen LogP contribution is 2.40. The molecule has 4 N–H and O–H groups in total. The van der Waals surface area contributed by atoms with Crippen LogP contribution in [0.4, 0.5) is 5.82 Å². The molecule has 3 heterocycles.